The molecule has 0 aliphatic heterocycles. The molecule has 5 nitrogen and oxygen atoms in total. The zero-order valence-corrected chi connectivity index (χ0v) is 9.30. The summed E-state index contributed by atoms with van der Waals surface area (Å²) in [6.07, 6.45) is 5.33. The fourth-order valence-corrected chi connectivity index (χ4v) is 1.35. The highest BCUT2D eigenvalue weighted by Gasteiger charge is 2.17. The van der Waals surface area contributed by atoms with Crippen LogP contribution in [0.4, 0.5) is 0 Å². The zero-order valence-electron chi connectivity index (χ0n) is 8.49. The molecule has 6 heteroatoms. The van der Waals surface area contributed by atoms with Gasteiger partial charge in [-0.3, -0.25) is 14.4 Å². The molecule has 0 aromatic carbocycles. The van der Waals surface area contributed by atoms with Gasteiger partial charge in [-0.15, -0.1) is 0 Å². The van der Waals surface area contributed by atoms with Crippen LogP contribution >= 0.6 is 11.8 Å². The van der Waals surface area contributed by atoms with E-state index in [1.807, 2.05) is 6.26 Å². The summed E-state index contributed by atoms with van der Waals surface area (Å²) in [5, 5.41) is 2.32. The number of nitrogens with one attached hydrogen (secondary N) is 1. The molecule has 15 heavy (non-hydrogen) atoms. The number of carbonyl (C=O) groups is 1. The number of carbonyl (C=O) groups excluding carboxylic acids is 3. The maximum Gasteiger partial charge on any atom is 0.237 e. The second-order valence-electron chi connectivity index (χ2n) is 2.92. The van der Waals surface area contributed by atoms with E-state index in [0.717, 1.165) is 5.75 Å². The van der Waals surface area contributed by atoms with Gasteiger partial charge in [0.25, 0.3) is 0 Å². The van der Waals surface area contributed by atoms with Crippen LogP contribution in [0, 0.1) is 0 Å². The normalized spacial score (nSPS) is 14.0. The fourth-order valence-electron chi connectivity index (χ4n) is 0.860. The van der Waals surface area contributed by atoms with E-state index in [9.17, 15) is 14.4 Å². The van der Waals surface area contributed by atoms with Crippen LogP contribution in [0.15, 0.2) is 0 Å². The lowest BCUT2D eigenvalue weighted by atomic mass is 10.2. The van der Waals surface area contributed by atoms with Crippen molar-refractivity contribution < 1.29 is 14.4 Å². The first-order valence-electron chi connectivity index (χ1n) is 4.43. The Morgan fingerprint density at radius 2 is 2.20 bits per heavy atom. The van der Waals surface area contributed by atoms with Crippen LogP contribution in [-0.4, -0.2) is 42.6 Å². The lowest BCUT2D eigenvalue weighted by molar-refractivity contribution is -0.122. The molecule has 1 amide bonds. The molecule has 0 rings (SSSR count). The molecule has 2 unspecified atom stereocenters. The number of hydrogen-bond acceptors (Lipinski definition) is 5. The molecule has 0 aromatic rings. The van der Waals surface area contributed by atoms with Crippen molar-refractivity contribution in [3.63, 3.8) is 0 Å². The molecule has 3 N–H and O–H groups in total. The molecule has 0 heterocycles. The molecular formula is C9H14N2O3S. The van der Waals surface area contributed by atoms with Gasteiger partial charge in [0.1, 0.15) is 6.04 Å². The van der Waals surface area contributed by atoms with Gasteiger partial charge in [-0.2, -0.15) is 11.8 Å². The second kappa shape index (κ2) is 8.43. The molecule has 2 radical (unpaired) electrons. The maximum atomic E-state index is 11.3. The molecule has 0 aliphatic carbocycles. The number of rotatable bonds is 8. The monoisotopic (exact) mass is 230 g/mol. The minimum absolute atomic E-state index is 0.190. The molecule has 0 aliphatic rings. The second-order valence-corrected chi connectivity index (χ2v) is 3.90. The summed E-state index contributed by atoms with van der Waals surface area (Å²) in [5.41, 5.74) is 5.55. The number of amides is 1. The Hall–Kier alpha value is -0.880. The Balaban J connectivity index is 3.97. The SMILES string of the molecule is CSCCC(N)C(=O)NC([C]=O)C[C]=O. The minimum Gasteiger partial charge on any atom is -0.344 e. The summed E-state index contributed by atoms with van der Waals surface area (Å²) in [7, 11) is 0. The molecule has 0 spiro atoms. The highest BCUT2D eigenvalue weighted by atomic mass is 32.2. The Labute approximate surface area is 93.2 Å². The molecule has 2 atom stereocenters. The Kier molecular flexibility index (Phi) is 7.94. The van der Waals surface area contributed by atoms with E-state index in [-0.39, 0.29) is 6.42 Å². The van der Waals surface area contributed by atoms with Crippen LogP contribution < -0.4 is 11.1 Å². The summed E-state index contributed by atoms with van der Waals surface area (Å²) in [4.78, 5) is 31.7. The third-order valence-electron chi connectivity index (χ3n) is 1.72. The molecule has 0 saturated heterocycles. The Bertz CT molecular complexity index is 223. The lowest BCUT2D eigenvalue weighted by Crippen LogP contribution is -2.46. The van der Waals surface area contributed by atoms with Crippen LogP contribution in [0.5, 0.6) is 0 Å². The first-order valence-corrected chi connectivity index (χ1v) is 5.82. The number of hydrogen-bond donors (Lipinski definition) is 2. The average Bonchev–Trinajstić information content (AvgIpc) is 2.24. The van der Waals surface area contributed by atoms with Gasteiger partial charge in [0.2, 0.25) is 18.5 Å². The van der Waals surface area contributed by atoms with E-state index in [4.69, 9.17) is 5.73 Å². The molecular weight excluding hydrogens is 216 g/mol. The van der Waals surface area contributed by atoms with E-state index in [1.165, 1.54) is 12.6 Å². The Morgan fingerprint density at radius 3 is 2.67 bits per heavy atom. The fraction of sp³-hybridized carbons (Fsp3) is 0.667. The lowest BCUT2D eigenvalue weighted by Gasteiger charge is -2.13. The number of nitrogens with two attached hydrogens (primary N) is 1. The zero-order chi connectivity index (χ0) is 11.7. The van der Waals surface area contributed by atoms with Gasteiger partial charge in [0.15, 0.2) is 0 Å². The van der Waals surface area contributed by atoms with Gasteiger partial charge in [-0.25, -0.2) is 0 Å². The molecule has 0 fully saturated rings. The Morgan fingerprint density at radius 1 is 1.53 bits per heavy atom. The summed E-state index contributed by atoms with van der Waals surface area (Å²) < 4.78 is 0. The van der Waals surface area contributed by atoms with Gasteiger partial charge >= 0.3 is 0 Å². The van der Waals surface area contributed by atoms with Crippen molar-refractivity contribution in [3.8, 4) is 0 Å². The van der Waals surface area contributed by atoms with Crippen molar-refractivity contribution in [1.29, 1.82) is 0 Å². The van der Waals surface area contributed by atoms with Crippen LogP contribution in [0.25, 0.3) is 0 Å². The first kappa shape index (κ1) is 14.1. The van der Waals surface area contributed by atoms with Crippen molar-refractivity contribution >= 4 is 30.2 Å². The largest absolute Gasteiger partial charge is 0.344 e. The van der Waals surface area contributed by atoms with E-state index in [2.05, 4.69) is 5.32 Å². The van der Waals surface area contributed by atoms with Gasteiger partial charge < -0.3 is 11.1 Å². The van der Waals surface area contributed by atoms with E-state index >= 15 is 0 Å². The van der Waals surface area contributed by atoms with E-state index < -0.39 is 18.0 Å². The highest BCUT2D eigenvalue weighted by Crippen LogP contribution is 1.99. The van der Waals surface area contributed by atoms with E-state index in [1.54, 1.807) is 11.8 Å². The van der Waals surface area contributed by atoms with Crippen LogP contribution in [0.1, 0.15) is 12.8 Å². The van der Waals surface area contributed by atoms with Gasteiger partial charge in [-0.1, -0.05) is 0 Å². The third-order valence-corrected chi connectivity index (χ3v) is 2.36. The van der Waals surface area contributed by atoms with Gasteiger partial charge in [0, 0.05) is 6.42 Å². The van der Waals surface area contributed by atoms with Crippen molar-refractivity contribution in [2.24, 2.45) is 5.73 Å². The minimum atomic E-state index is -0.935. The average molecular weight is 230 g/mol. The van der Waals surface area contributed by atoms with Crippen molar-refractivity contribution in [2.75, 3.05) is 12.0 Å². The quantitative estimate of drug-likeness (QED) is 0.567. The van der Waals surface area contributed by atoms with Crippen LogP contribution in [0.2, 0.25) is 0 Å². The molecule has 84 valence electrons. The van der Waals surface area contributed by atoms with Crippen LogP contribution in [0.3, 0.4) is 0 Å². The third kappa shape index (κ3) is 6.24. The van der Waals surface area contributed by atoms with Gasteiger partial charge in [-0.05, 0) is 18.4 Å². The van der Waals surface area contributed by atoms with Gasteiger partial charge in [0.05, 0.1) is 6.04 Å². The van der Waals surface area contributed by atoms with Crippen molar-refractivity contribution in [1.82, 2.24) is 5.32 Å². The highest BCUT2D eigenvalue weighted by molar-refractivity contribution is 7.98. The van der Waals surface area contributed by atoms with E-state index in [0.29, 0.717) is 6.42 Å². The smallest absolute Gasteiger partial charge is 0.237 e. The topological polar surface area (TPSA) is 89.3 Å². The molecule has 0 aromatic heterocycles. The van der Waals surface area contributed by atoms with Crippen molar-refractivity contribution in [2.45, 2.75) is 24.9 Å². The summed E-state index contributed by atoms with van der Waals surface area (Å²) >= 11 is 1.58. The standard InChI is InChI=1S/C9H14N2O3S/c1-15-5-3-8(10)9(14)11-7(6-13)2-4-12/h7-8H,2-3,5,10H2,1H3,(H,11,14). The summed E-state index contributed by atoms with van der Waals surface area (Å²) in [5.74, 6) is 0.330. The maximum absolute atomic E-state index is 11.3. The first-order chi connectivity index (χ1) is 7.15. The predicted molar refractivity (Wildman–Crippen MR) is 58.9 cm³/mol. The molecule has 0 saturated carbocycles. The van der Waals surface area contributed by atoms with Crippen LogP contribution in [-0.2, 0) is 14.4 Å². The summed E-state index contributed by atoms with van der Waals surface area (Å²) in [6.45, 7) is 0. The summed E-state index contributed by atoms with van der Waals surface area (Å²) in [6, 6.07) is -1.59. The predicted octanol–water partition coefficient (Wildman–Crippen LogP) is -0.839. The molecule has 0 bridgehead atoms. The van der Waals surface area contributed by atoms with Crippen molar-refractivity contribution in [3.05, 3.63) is 0 Å². The number of thioether (sulfide) groups is 1.